The van der Waals surface area contributed by atoms with Crippen LogP contribution in [-0.4, -0.2) is 25.9 Å². The van der Waals surface area contributed by atoms with Gasteiger partial charge in [0.1, 0.15) is 5.76 Å². The molecule has 0 fully saturated rings. The third-order valence-corrected chi connectivity index (χ3v) is 3.39. The monoisotopic (exact) mass is 233 g/mol. The topological polar surface area (TPSA) is 98.2 Å². The lowest BCUT2D eigenvalue weighted by molar-refractivity contribution is 0.392. The molecule has 0 spiro atoms. The maximum atomic E-state index is 11.3. The van der Waals surface area contributed by atoms with Crippen molar-refractivity contribution >= 4 is 10.0 Å². The lowest BCUT2D eigenvalue weighted by atomic mass is 10.2. The molecule has 0 bridgehead atoms. The van der Waals surface area contributed by atoms with Gasteiger partial charge in [-0.2, -0.15) is 0 Å². The molecule has 0 saturated carbocycles. The van der Waals surface area contributed by atoms with E-state index in [-0.39, 0.29) is 18.8 Å². The van der Waals surface area contributed by atoms with Crippen molar-refractivity contribution in [3.05, 3.63) is 17.0 Å². The van der Waals surface area contributed by atoms with Crippen molar-refractivity contribution in [2.45, 2.75) is 20.4 Å². The Morgan fingerprint density at radius 1 is 1.47 bits per heavy atom. The van der Waals surface area contributed by atoms with Gasteiger partial charge in [0.15, 0.2) is 0 Å². The van der Waals surface area contributed by atoms with E-state index >= 15 is 0 Å². The molecule has 0 radical (unpaired) electrons. The fourth-order valence-electron chi connectivity index (χ4n) is 1.16. The number of aromatic nitrogens is 1. The van der Waals surface area contributed by atoms with Crippen LogP contribution in [0.25, 0.3) is 0 Å². The summed E-state index contributed by atoms with van der Waals surface area (Å²) in [4.78, 5) is 0. The summed E-state index contributed by atoms with van der Waals surface area (Å²) in [7, 11) is -3.29. The highest BCUT2D eigenvalue weighted by molar-refractivity contribution is 7.89. The van der Waals surface area contributed by atoms with Gasteiger partial charge in [0.2, 0.25) is 10.0 Å². The third kappa shape index (κ3) is 3.29. The van der Waals surface area contributed by atoms with E-state index < -0.39 is 10.0 Å². The molecular weight excluding hydrogens is 218 g/mol. The van der Waals surface area contributed by atoms with E-state index in [1.54, 1.807) is 13.8 Å². The molecule has 1 heterocycles. The van der Waals surface area contributed by atoms with Crippen LogP contribution in [0.2, 0.25) is 0 Å². The fourth-order valence-corrected chi connectivity index (χ4v) is 1.98. The maximum Gasteiger partial charge on any atom is 0.213 e. The first-order valence-corrected chi connectivity index (χ1v) is 6.20. The summed E-state index contributed by atoms with van der Waals surface area (Å²) in [6.07, 6.45) is 0. The van der Waals surface area contributed by atoms with E-state index in [4.69, 9.17) is 10.3 Å². The van der Waals surface area contributed by atoms with Crippen molar-refractivity contribution in [2.75, 3.05) is 12.3 Å². The summed E-state index contributed by atoms with van der Waals surface area (Å²) in [6, 6.07) is 0. The molecule has 3 N–H and O–H groups in total. The molecule has 1 rings (SSSR count). The first kappa shape index (κ1) is 12.2. The standard InChI is InChI=1S/C8H15N3O3S/c1-6-8(7(2)14-11-6)5-10-15(12,13)4-3-9/h10H,3-5,9H2,1-2H3. The van der Waals surface area contributed by atoms with E-state index in [1.807, 2.05) is 0 Å². The Morgan fingerprint density at radius 3 is 2.60 bits per heavy atom. The van der Waals surface area contributed by atoms with Crippen LogP contribution in [0.5, 0.6) is 0 Å². The van der Waals surface area contributed by atoms with Crippen LogP contribution in [0, 0.1) is 13.8 Å². The zero-order chi connectivity index (χ0) is 11.5. The number of nitrogens with two attached hydrogens (primary N) is 1. The summed E-state index contributed by atoms with van der Waals surface area (Å²) in [5, 5.41) is 3.73. The average Bonchev–Trinajstić information content (AvgIpc) is 2.44. The predicted octanol–water partition coefficient (Wildman–Crippen LogP) is -0.330. The third-order valence-electron chi connectivity index (χ3n) is 2.04. The Kier molecular flexibility index (Phi) is 3.83. The average molecular weight is 233 g/mol. The first-order chi connectivity index (χ1) is 6.96. The molecular formula is C8H15N3O3S. The molecule has 0 aliphatic heterocycles. The molecule has 6 nitrogen and oxygen atoms in total. The normalized spacial score (nSPS) is 11.9. The highest BCUT2D eigenvalue weighted by Gasteiger charge is 2.13. The number of nitrogens with zero attached hydrogens (tertiary/aromatic N) is 1. The molecule has 0 aliphatic carbocycles. The molecule has 0 amide bonds. The van der Waals surface area contributed by atoms with E-state index in [0.717, 1.165) is 5.56 Å². The molecule has 7 heteroatoms. The second-order valence-electron chi connectivity index (χ2n) is 3.23. The molecule has 1 aromatic rings. The van der Waals surface area contributed by atoms with Gasteiger partial charge in [0.25, 0.3) is 0 Å². The fraction of sp³-hybridized carbons (Fsp3) is 0.625. The minimum Gasteiger partial charge on any atom is -0.361 e. The summed E-state index contributed by atoms with van der Waals surface area (Å²) in [5.74, 6) is 0.555. The Labute approximate surface area is 88.9 Å². The van der Waals surface area contributed by atoms with Crippen molar-refractivity contribution in [1.82, 2.24) is 9.88 Å². The number of nitrogens with one attached hydrogen (secondary N) is 1. The molecule has 0 aliphatic rings. The number of aryl methyl sites for hydroxylation is 2. The number of hydrogen-bond donors (Lipinski definition) is 2. The quantitative estimate of drug-likeness (QED) is 0.725. The van der Waals surface area contributed by atoms with Crippen LogP contribution >= 0.6 is 0 Å². The number of sulfonamides is 1. The van der Waals surface area contributed by atoms with Gasteiger partial charge in [-0.3, -0.25) is 0 Å². The largest absolute Gasteiger partial charge is 0.361 e. The first-order valence-electron chi connectivity index (χ1n) is 4.55. The SMILES string of the molecule is Cc1noc(C)c1CNS(=O)(=O)CCN. The van der Waals surface area contributed by atoms with Gasteiger partial charge in [0.05, 0.1) is 11.4 Å². The second-order valence-corrected chi connectivity index (χ2v) is 5.16. The molecule has 0 unspecified atom stereocenters. The van der Waals surface area contributed by atoms with Crippen LogP contribution in [-0.2, 0) is 16.6 Å². The molecule has 0 atom stereocenters. The van der Waals surface area contributed by atoms with Crippen molar-refractivity contribution in [1.29, 1.82) is 0 Å². The molecule has 15 heavy (non-hydrogen) atoms. The van der Waals surface area contributed by atoms with Crippen molar-refractivity contribution in [3.8, 4) is 0 Å². The van der Waals surface area contributed by atoms with Crippen LogP contribution in [0.3, 0.4) is 0 Å². The Hall–Kier alpha value is -0.920. The second kappa shape index (κ2) is 4.73. The highest BCUT2D eigenvalue weighted by atomic mass is 32.2. The van der Waals surface area contributed by atoms with Gasteiger partial charge >= 0.3 is 0 Å². The molecule has 0 saturated heterocycles. The van der Waals surface area contributed by atoms with Crippen LogP contribution in [0.15, 0.2) is 4.52 Å². The van der Waals surface area contributed by atoms with E-state index in [9.17, 15) is 8.42 Å². The summed E-state index contributed by atoms with van der Waals surface area (Å²) in [6.45, 7) is 3.82. The van der Waals surface area contributed by atoms with Gasteiger partial charge in [0, 0.05) is 18.7 Å². The van der Waals surface area contributed by atoms with Gasteiger partial charge < -0.3 is 10.3 Å². The van der Waals surface area contributed by atoms with Gasteiger partial charge in [-0.25, -0.2) is 13.1 Å². The lowest BCUT2D eigenvalue weighted by Gasteiger charge is -2.04. The Balaban J connectivity index is 2.65. The van der Waals surface area contributed by atoms with E-state index in [1.165, 1.54) is 0 Å². The van der Waals surface area contributed by atoms with E-state index in [0.29, 0.717) is 11.5 Å². The van der Waals surface area contributed by atoms with Crippen molar-refractivity contribution in [3.63, 3.8) is 0 Å². The van der Waals surface area contributed by atoms with Gasteiger partial charge in [-0.05, 0) is 13.8 Å². The lowest BCUT2D eigenvalue weighted by Crippen LogP contribution is -2.29. The number of rotatable bonds is 5. The van der Waals surface area contributed by atoms with Gasteiger partial charge in [-0.15, -0.1) is 0 Å². The van der Waals surface area contributed by atoms with Crippen molar-refractivity contribution in [2.24, 2.45) is 5.73 Å². The van der Waals surface area contributed by atoms with Crippen molar-refractivity contribution < 1.29 is 12.9 Å². The summed E-state index contributed by atoms with van der Waals surface area (Å²) in [5.41, 5.74) is 6.64. The Bertz CT molecular complexity index is 405. The zero-order valence-electron chi connectivity index (χ0n) is 8.78. The van der Waals surface area contributed by atoms with Crippen LogP contribution < -0.4 is 10.5 Å². The summed E-state index contributed by atoms with van der Waals surface area (Å²) >= 11 is 0. The zero-order valence-corrected chi connectivity index (χ0v) is 9.60. The number of hydrogen-bond acceptors (Lipinski definition) is 5. The molecule has 86 valence electrons. The molecule has 0 aromatic carbocycles. The maximum absolute atomic E-state index is 11.3. The Morgan fingerprint density at radius 2 is 2.13 bits per heavy atom. The van der Waals surface area contributed by atoms with Crippen LogP contribution in [0.4, 0.5) is 0 Å². The minimum absolute atomic E-state index is 0.0730. The van der Waals surface area contributed by atoms with E-state index in [2.05, 4.69) is 9.88 Å². The van der Waals surface area contributed by atoms with Crippen LogP contribution in [0.1, 0.15) is 17.0 Å². The smallest absolute Gasteiger partial charge is 0.213 e. The highest BCUT2D eigenvalue weighted by Crippen LogP contribution is 2.11. The summed E-state index contributed by atoms with van der Waals surface area (Å²) < 4.78 is 30.0. The predicted molar refractivity (Wildman–Crippen MR) is 55.7 cm³/mol. The molecule has 1 aromatic heterocycles. The van der Waals surface area contributed by atoms with Gasteiger partial charge in [-0.1, -0.05) is 5.16 Å². The minimum atomic E-state index is -3.29.